The third kappa shape index (κ3) is 3.02. The molecule has 2 rings (SSSR count). The van der Waals surface area contributed by atoms with Crippen molar-refractivity contribution < 1.29 is 4.79 Å². The van der Waals surface area contributed by atoms with Crippen LogP contribution in [0.1, 0.15) is 51.9 Å². The van der Waals surface area contributed by atoms with E-state index in [1.165, 1.54) is 12.8 Å². The molecule has 0 spiro atoms. The molecule has 0 aromatic rings. The van der Waals surface area contributed by atoms with E-state index in [-0.39, 0.29) is 12.0 Å². The van der Waals surface area contributed by atoms with Crippen LogP contribution >= 0.6 is 12.2 Å². The standard InChI is InChI=1S/C14H24N2OS/c1-10-5-7-11(8-6-10)14(17)16-9-3-2-4-12(16)13(15)18/h10-12H,2-9H2,1H3,(H2,15,18). The lowest BCUT2D eigenvalue weighted by molar-refractivity contribution is -0.139. The van der Waals surface area contributed by atoms with Gasteiger partial charge in [0.05, 0.1) is 11.0 Å². The largest absolute Gasteiger partial charge is 0.392 e. The van der Waals surface area contributed by atoms with Gasteiger partial charge < -0.3 is 10.6 Å². The Hall–Kier alpha value is -0.640. The lowest BCUT2D eigenvalue weighted by Crippen LogP contribution is -2.52. The second kappa shape index (κ2) is 6.00. The van der Waals surface area contributed by atoms with E-state index >= 15 is 0 Å². The Balaban J connectivity index is 2.00. The molecule has 1 amide bonds. The molecule has 102 valence electrons. The Morgan fingerprint density at radius 1 is 1.17 bits per heavy atom. The zero-order chi connectivity index (χ0) is 13.1. The molecule has 0 bridgehead atoms. The van der Waals surface area contributed by atoms with E-state index < -0.39 is 0 Å². The zero-order valence-electron chi connectivity index (χ0n) is 11.2. The number of piperidine rings is 1. The first-order chi connectivity index (χ1) is 8.59. The fraction of sp³-hybridized carbons (Fsp3) is 0.857. The first-order valence-corrected chi connectivity index (χ1v) is 7.60. The lowest BCUT2D eigenvalue weighted by atomic mass is 9.82. The normalized spacial score (nSPS) is 33.2. The topological polar surface area (TPSA) is 46.3 Å². The smallest absolute Gasteiger partial charge is 0.226 e. The van der Waals surface area contributed by atoms with Gasteiger partial charge in [0.2, 0.25) is 5.91 Å². The molecule has 0 radical (unpaired) electrons. The van der Waals surface area contributed by atoms with E-state index in [0.717, 1.165) is 44.6 Å². The van der Waals surface area contributed by atoms with Gasteiger partial charge >= 0.3 is 0 Å². The van der Waals surface area contributed by atoms with Crippen molar-refractivity contribution in [3.63, 3.8) is 0 Å². The summed E-state index contributed by atoms with van der Waals surface area (Å²) in [7, 11) is 0. The molecule has 1 unspecified atom stereocenters. The van der Waals surface area contributed by atoms with Crippen molar-refractivity contribution in [2.24, 2.45) is 17.6 Å². The summed E-state index contributed by atoms with van der Waals surface area (Å²) >= 11 is 5.12. The lowest BCUT2D eigenvalue weighted by Gasteiger charge is -2.38. The minimum atomic E-state index is 0.0144. The summed E-state index contributed by atoms with van der Waals surface area (Å²) in [6.07, 6.45) is 7.62. The van der Waals surface area contributed by atoms with Gasteiger partial charge in [-0.15, -0.1) is 0 Å². The zero-order valence-corrected chi connectivity index (χ0v) is 12.0. The maximum absolute atomic E-state index is 12.6. The number of thiocarbonyl (C=S) groups is 1. The number of likely N-dealkylation sites (tertiary alicyclic amines) is 1. The Kier molecular flexibility index (Phi) is 4.60. The van der Waals surface area contributed by atoms with Gasteiger partial charge in [-0.3, -0.25) is 4.79 Å². The number of amides is 1. The molecule has 1 aliphatic carbocycles. The highest BCUT2D eigenvalue weighted by molar-refractivity contribution is 7.80. The Morgan fingerprint density at radius 3 is 2.44 bits per heavy atom. The molecule has 2 N–H and O–H groups in total. The van der Waals surface area contributed by atoms with E-state index in [4.69, 9.17) is 18.0 Å². The second-order valence-corrected chi connectivity index (χ2v) is 6.37. The Labute approximate surface area is 115 Å². The molecule has 1 saturated heterocycles. The summed E-state index contributed by atoms with van der Waals surface area (Å²) in [5.41, 5.74) is 5.78. The highest BCUT2D eigenvalue weighted by Gasteiger charge is 2.34. The molecule has 0 aromatic heterocycles. The fourth-order valence-electron chi connectivity index (χ4n) is 3.23. The average Bonchev–Trinajstić information content (AvgIpc) is 2.39. The SMILES string of the molecule is CC1CCC(C(=O)N2CCCCC2C(N)=S)CC1. The van der Waals surface area contributed by atoms with Crippen molar-refractivity contribution in [2.75, 3.05) is 6.54 Å². The third-order valence-electron chi connectivity index (χ3n) is 4.48. The van der Waals surface area contributed by atoms with Crippen molar-refractivity contribution >= 4 is 23.1 Å². The second-order valence-electron chi connectivity index (χ2n) is 5.90. The van der Waals surface area contributed by atoms with Crippen LogP contribution < -0.4 is 5.73 Å². The van der Waals surface area contributed by atoms with Crippen molar-refractivity contribution in [3.05, 3.63) is 0 Å². The minimum Gasteiger partial charge on any atom is -0.392 e. The maximum atomic E-state index is 12.6. The highest BCUT2D eigenvalue weighted by Crippen LogP contribution is 2.31. The minimum absolute atomic E-state index is 0.0144. The molecule has 2 aliphatic rings. The van der Waals surface area contributed by atoms with Crippen LogP contribution in [0.15, 0.2) is 0 Å². The number of carbonyl (C=O) groups is 1. The van der Waals surface area contributed by atoms with Gasteiger partial charge in [-0.25, -0.2) is 0 Å². The molecular formula is C14H24N2OS. The summed E-state index contributed by atoms with van der Waals surface area (Å²) in [6.45, 7) is 3.12. The fourth-order valence-corrected chi connectivity index (χ4v) is 3.48. The number of nitrogens with zero attached hydrogens (tertiary/aromatic N) is 1. The number of rotatable bonds is 2. The molecule has 3 nitrogen and oxygen atoms in total. The molecule has 18 heavy (non-hydrogen) atoms. The van der Waals surface area contributed by atoms with Crippen LogP contribution in [0.25, 0.3) is 0 Å². The first-order valence-electron chi connectivity index (χ1n) is 7.19. The van der Waals surface area contributed by atoms with E-state index in [1.54, 1.807) is 0 Å². The third-order valence-corrected chi connectivity index (χ3v) is 4.75. The quantitative estimate of drug-likeness (QED) is 0.783. The number of hydrogen-bond donors (Lipinski definition) is 1. The van der Waals surface area contributed by atoms with E-state index in [1.807, 2.05) is 4.90 Å². The summed E-state index contributed by atoms with van der Waals surface area (Å²) < 4.78 is 0. The van der Waals surface area contributed by atoms with Gasteiger partial charge in [0.25, 0.3) is 0 Å². The van der Waals surface area contributed by atoms with Gasteiger partial charge in [-0.05, 0) is 50.9 Å². The van der Waals surface area contributed by atoms with Crippen molar-refractivity contribution in [3.8, 4) is 0 Å². The van der Waals surface area contributed by atoms with Crippen LogP contribution in [-0.2, 0) is 4.79 Å². The van der Waals surface area contributed by atoms with E-state index in [2.05, 4.69) is 6.92 Å². The molecule has 1 aliphatic heterocycles. The monoisotopic (exact) mass is 268 g/mol. The van der Waals surface area contributed by atoms with Crippen LogP contribution in [0.4, 0.5) is 0 Å². The summed E-state index contributed by atoms with van der Waals surface area (Å²) in [4.78, 5) is 15.0. The van der Waals surface area contributed by atoms with Gasteiger partial charge in [-0.2, -0.15) is 0 Å². The van der Waals surface area contributed by atoms with Crippen LogP contribution in [0, 0.1) is 11.8 Å². The summed E-state index contributed by atoms with van der Waals surface area (Å²) in [6, 6.07) is 0.0144. The number of nitrogens with two attached hydrogens (primary N) is 1. The van der Waals surface area contributed by atoms with Crippen LogP contribution in [-0.4, -0.2) is 28.4 Å². The average molecular weight is 268 g/mol. The highest BCUT2D eigenvalue weighted by atomic mass is 32.1. The van der Waals surface area contributed by atoms with E-state index in [9.17, 15) is 4.79 Å². The first kappa shape index (κ1) is 13.8. The Morgan fingerprint density at radius 2 is 1.83 bits per heavy atom. The number of hydrogen-bond acceptors (Lipinski definition) is 2. The Bertz CT molecular complexity index is 324. The predicted molar refractivity (Wildman–Crippen MR) is 77.3 cm³/mol. The number of carbonyl (C=O) groups excluding carboxylic acids is 1. The molecular weight excluding hydrogens is 244 g/mol. The van der Waals surface area contributed by atoms with Gasteiger partial charge in [0, 0.05) is 12.5 Å². The van der Waals surface area contributed by atoms with Crippen LogP contribution in [0.3, 0.4) is 0 Å². The molecule has 0 aromatic carbocycles. The van der Waals surface area contributed by atoms with Gasteiger partial charge in [0.15, 0.2) is 0 Å². The van der Waals surface area contributed by atoms with Crippen LogP contribution in [0.2, 0.25) is 0 Å². The summed E-state index contributed by atoms with van der Waals surface area (Å²) in [5, 5.41) is 0. The summed E-state index contributed by atoms with van der Waals surface area (Å²) in [5.74, 6) is 1.30. The van der Waals surface area contributed by atoms with Crippen molar-refractivity contribution in [1.82, 2.24) is 4.90 Å². The molecule has 1 saturated carbocycles. The van der Waals surface area contributed by atoms with Crippen molar-refractivity contribution in [1.29, 1.82) is 0 Å². The molecule has 1 atom stereocenters. The van der Waals surface area contributed by atoms with Crippen molar-refractivity contribution in [2.45, 2.75) is 57.9 Å². The molecule has 1 heterocycles. The molecule has 2 fully saturated rings. The van der Waals surface area contributed by atoms with Gasteiger partial charge in [-0.1, -0.05) is 19.1 Å². The van der Waals surface area contributed by atoms with E-state index in [0.29, 0.717) is 10.9 Å². The maximum Gasteiger partial charge on any atom is 0.226 e. The van der Waals surface area contributed by atoms with Crippen LogP contribution in [0.5, 0.6) is 0 Å². The molecule has 4 heteroatoms. The van der Waals surface area contributed by atoms with Gasteiger partial charge in [0.1, 0.15) is 0 Å². The predicted octanol–water partition coefficient (Wildman–Crippen LogP) is 2.48.